The Morgan fingerprint density at radius 2 is 1.90 bits per heavy atom. The summed E-state index contributed by atoms with van der Waals surface area (Å²) < 4.78 is 25.6. The van der Waals surface area contributed by atoms with Crippen LogP contribution in [0, 0.1) is 5.41 Å². The second-order valence-corrected chi connectivity index (χ2v) is 8.88. The van der Waals surface area contributed by atoms with Gasteiger partial charge in [-0.2, -0.15) is 0 Å². The van der Waals surface area contributed by atoms with Gasteiger partial charge in [0.2, 0.25) is 6.43 Å². The highest BCUT2D eigenvalue weighted by Crippen LogP contribution is 2.50. The average molecular weight is 397 g/mol. The zero-order valence-corrected chi connectivity index (χ0v) is 16.9. The van der Waals surface area contributed by atoms with Gasteiger partial charge in [-0.3, -0.25) is 9.69 Å². The van der Waals surface area contributed by atoms with Crippen molar-refractivity contribution in [1.29, 1.82) is 0 Å². The lowest BCUT2D eigenvalue weighted by Gasteiger charge is -2.41. The quantitative estimate of drug-likeness (QED) is 0.847. The zero-order chi connectivity index (χ0) is 21.0. The zero-order valence-electron chi connectivity index (χ0n) is 16.9. The Morgan fingerprint density at radius 1 is 1.17 bits per heavy atom. The van der Waals surface area contributed by atoms with E-state index in [1.165, 1.54) is 4.90 Å². The molecular formula is C23H25F2N3O. The van der Waals surface area contributed by atoms with Crippen molar-refractivity contribution in [2.75, 3.05) is 7.05 Å². The predicted octanol–water partition coefficient (Wildman–Crippen LogP) is 4.12. The van der Waals surface area contributed by atoms with Crippen LogP contribution in [0.25, 0.3) is 11.1 Å². The van der Waals surface area contributed by atoms with Gasteiger partial charge in [0.25, 0.3) is 5.91 Å². The number of alkyl halides is 2. The van der Waals surface area contributed by atoms with Crippen LogP contribution in [0.4, 0.5) is 8.78 Å². The number of hydrogen-bond acceptors (Lipinski definition) is 3. The van der Waals surface area contributed by atoms with Crippen LogP contribution in [-0.4, -0.2) is 30.2 Å². The summed E-state index contributed by atoms with van der Waals surface area (Å²) in [5, 5.41) is 0. The summed E-state index contributed by atoms with van der Waals surface area (Å²) in [7, 11) is 1.65. The molecule has 2 aromatic rings. The van der Waals surface area contributed by atoms with E-state index in [1.807, 2.05) is 24.3 Å². The summed E-state index contributed by atoms with van der Waals surface area (Å²) in [6, 6.07) is 13.2. The van der Waals surface area contributed by atoms with Gasteiger partial charge in [0, 0.05) is 13.5 Å². The summed E-state index contributed by atoms with van der Waals surface area (Å²) in [5.41, 5.74) is 9.16. The Morgan fingerprint density at radius 3 is 2.55 bits per heavy atom. The number of nitrogens with two attached hydrogens (primary N) is 1. The van der Waals surface area contributed by atoms with E-state index in [0.29, 0.717) is 12.0 Å². The number of carbonyl (C=O) groups excluding carboxylic acids is 1. The Labute approximate surface area is 169 Å². The summed E-state index contributed by atoms with van der Waals surface area (Å²) in [6.45, 7) is 4.27. The Kier molecular flexibility index (Phi) is 4.48. The first-order valence-electron chi connectivity index (χ1n) is 9.76. The van der Waals surface area contributed by atoms with E-state index in [9.17, 15) is 13.6 Å². The van der Waals surface area contributed by atoms with E-state index in [1.54, 1.807) is 25.2 Å². The average Bonchev–Trinajstić information content (AvgIpc) is 2.84. The Bertz CT molecular complexity index is 1010. The molecule has 0 bridgehead atoms. The monoisotopic (exact) mass is 397 g/mol. The van der Waals surface area contributed by atoms with Gasteiger partial charge in [-0.05, 0) is 52.1 Å². The lowest BCUT2D eigenvalue weighted by atomic mass is 9.65. The fourth-order valence-electron chi connectivity index (χ4n) is 4.71. The van der Waals surface area contributed by atoms with Crippen LogP contribution in [0.3, 0.4) is 0 Å². The standard InChI is InChI=1S/C23H25F2N3O/c1-22(2)12-17-8-7-16(15-6-4-5-14(9-15)10-19(24)25)11-18(17)23(13-22)20(29)28(3)21(26)27-23/h4-9,11,19H,10,12-13H2,1-3H3,(H2,26,27). The molecule has 6 heteroatoms. The first-order valence-corrected chi connectivity index (χ1v) is 9.76. The second kappa shape index (κ2) is 6.65. The smallest absolute Gasteiger partial charge is 0.261 e. The summed E-state index contributed by atoms with van der Waals surface area (Å²) in [6.07, 6.45) is -1.25. The van der Waals surface area contributed by atoms with E-state index in [4.69, 9.17) is 5.73 Å². The molecule has 4 rings (SSSR count). The molecule has 0 fully saturated rings. The van der Waals surface area contributed by atoms with Gasteiger partial charge >= 0.3 is 0 Å². The number of rotatable bonds is 3. The Balaban J connectivity index is 1.84. The first kappa shape index (κ1) is 19.6. The fourth-order valence-corrected chi connectivity index (χ4v) is 4.71. The molecule has 1 aliphatic carbocycles. The van der Waals surface area contributed by atoms with Gasteiger partial charge in [0.1, 0.15) is 0 Å². The maximum Gasteiger partial charge on any atom is 0.261 e. The molecule has 0 saturated heterocycles. The molecule has 0 radical (unpaired) electrons. The van der Waals surface area contributed by atoms with Crippen molar-refractivity contribution >= 4 is 11.9 Å². The Hall–Kier alpha value is -2.76. The molecule has 1 amide bonds. The molecule has 0 saturated carbocycles. The number of nitrogens with zero attached hydrogens (tertiary/aromatic N) is 2. The predicted molar refractivity (Wildman–Crippen MR) is 110 cm³/mol. The number of carbonyl (C=O) groups is 1. The van der Waals surface area contributed by atoms with Gasteiger partial charge in [0.05, 0.1) is 0 Å². The topological polar surface area (TPSA) is 58.7 Å². The molecule has 1 unspecified atom stereocenters. The molecule has 152 valence electrons. The number of fused-ring (bicyclic) bond motifs is 2. The number of halogens is 2. The lowest BCUT2D eigenvalue weighted by Crippen LogP contribution is -2.46. The SMILES string of the molecule is CN1C(=O)C2(CC(C)(C)Cc3ccc(-c4cccc(CC(F)F)c4)cc32)N=C1N. The van der Waals surface area contributed by atoms with Crippen LogP contribution in [0.5, 0.6) is 0 Å². The third-order valence-corrected chi connectivity index (χ3v) is 5.92. The molecule has 2 aliphatic rings. The van der Waals surface area contributed by atoms with E-state index in [-0.39, 0.29) is 23.7 Å². The molecule has 4 nitrogen and oxygen atoms in total. The lowest BCUT2D eigenvalue weighted by molar-refractivity contribution is -0.132. The van der Waals surface area contributed by atoms with Gasteiger partial charge in [0.15, 0.2) is 11.5 Å². The first-order chi connectivity index (χ1) is 13.6. The minimum absolute atomic E-state index is 0.101. The summed E-state index contributed by atoms with van der Waals surface area (Å²) >= 11 is 0. The van der Waals surface area contributed by atoms with Crippen LogP contribution in [0.15, 0.2) is 47.5 Å². The van der Waals surface area contributed by atoms with Crippen molar-refractivity contribution in [2.24, 2.45) is 16.1 Å². The van der Waals surface area contributed by atoms with Crippen LogP contribution < -0.4 is 5.73 Å². The van der Waals surface area contributed by atoms with E-state index < -0.39 is 12.0 Å². The van der Waals surface area contributed by atoms with Crippen LogP contribution in [0.2, 0.25) is 0 Å². The molecule has 1 heterocycles. The van der Waals surface area contributed by atoms with Crippen LogP contribution in [-0.2, 0) is 23.2 Å². The van der Waals surface area contributed by atoms with Crippen LogP contribution >= 0.6 is 0 Å². The van der Waals surface area contributed by atoms with Crippen molar-refractivity contribution in [3.63, 3.8) is 0 Å². The second-order valence-electron chi connectivity index (χ2n) is 8.88. The molecule has 29 heavy (non-hydrogen) atoms. The maximum absolute atomic E-state index is 13.2. The molecule has 2 aromatic carbocycles. The number of aliphatic imine (C=N–C) groups is 1. The van der Waals surface area contributed by atoms with E-state index >= 15 is 0 Å². The van der Waals surface area contributed by atoms with Crippen molar-refractivity contribution in [3.05, 3.63) is 59.2 Å². The molecule has 1 spiro atoms. The summed E-state index contributed by atoms with van der Waals surface area (Å²) in [4.78, 5) is 19.3. The van der Waals surface area contributed by atoms with Crippen molar-refractivity contribution < 1.29 is 13.6 Å². The van der Waals surface area contributed by atoms with Crippen molar-refractivity contribution in [2.45, 2.75) is 45.1 Å². The number of benzene rings is 2. The number of likely N-dealkylation sites (N-methyl/N-ethyl adjacent to an activating group) is 1. The number of guanidine groups is 1. The minimum atomic E-state index is -2.39. The summed E-state index contributed by atoms with van der Waals surface area (Å²) in [5.74, 6) is 0.107. The third-order valence-electron chi connectivity index (χ3n) is 5.92. The van der Waals surface area contributed by atoms with E-state index in [2.05, 4.69) is 18.8 Å². The number of amides is 1. The minimum Gasteiger partial charge on any atom is -0.369 e. The van der Waals surface area contributed by atoms with E-state index in [0.717, 1.165) is 28.7 Å². The largest absolute Gasteiger partial charge is 0.369 e. The highest BCUT2D eigenvalue weighted by molar-refractivity contribution is 6.07. The number of hydrogen-bond donors (Lipinski definition) is 1. The van der Waals surface area contributed by atoms with Crippen molar-refractivity contribution in [1.82, 2.24) is 4.90 Å². The highest BCUT2D eigenvalue weighted by atomic mass is 19.3. The van der Waals surface area contributed by atoms with Gasteiger partial charge in [-0.15, -0.1) is 0 Å². The molecule has 2 N–H and O–H groups in total. The van der Waals surface area contributed by atoms with Gasteiger partial charge in [-0.25, -0.2) is 13.8 Å². The molecular weight excluding hydrogens is 372 g/mol. The normalized spacial score (nSPS) is 22.9. The highest BCUT2D eigenvalue weighted by Gasteiger charge is 2.54. The molecule has 0 aromatic heterocycles. The maximum atomic E-state index is 13.2. The van der Waals surface area contributed by atoms with Crippen LogP contribution in [0.1, 0.15) is 37.0 Å². The molecule has 1 atom stereocenters. The fraction of sp³-hybridized carbons (Fsp3) is 0.391. The van der Waals surface area contributed by atoms with Gasteiger partial charge < -0.3 is 5.73 Å². The third kappa shape index (κ3) is 3.30. The van der Waals surface area contributed by atoms with Gasteiger partial charge in [-0.1, -0.05) is 50.2 Å². The molecule has 1 aliphatic heterocycles. The van der Waals surface area contributed by atoms with Crippen molar-refractivity contribution in [3.8, 4) is 11.1 Å².